The second kappa shape index (κ2) is 6.23. The number of aromatic carboxylic acids is 1. The lowest BCUT2D eigenvalue weighted by Gasteiger charge is -2.06. The Morgan fingerprint density at radius 1 is 1.05 bits per heavy atom. The van der Waals surface area contributed by atoms with E-state index < -0.39 is 16.1 Å². The first-order valence-electron chi connectivity index (χ1n) is 5.95. The van der Waals surface area contributed by atoms with Crippen molar-refractivity contribution in [3.8, 4) is 5.75 Å². The molecule has 0 saturated heterocycles. The van der Waals surface area contributed by atoms with Gasteiger partial charge in [-0.15, -0.1) is 0 Å². The summed E-state index contributed by atoms with van der Waals surface area (Å²) < 4.78 is 28.4. The van der Waals surface area contributed by atoms with E-state index in [2.05, 4.69) is 0 Å². The van der Waals surface area contributed by atoms with Gasteiger partial charge < -0.3 is 14.1 Å². The standard InChI is InChI=1S/C15H12O5S/c16-15(17)13-7-4-8-14(11-13)20-21(18,19)10-9-12-5-2-1-3-6-12/h1-11H,(H,16,17)/p-1/b10-9+. The highest BCUT2D eigenvalue weighted by Crippen LogP contribution is 2.16. The van der Waals surface area contributed by atoms with Gasteiger partial charge in [-0.1, -0.05) is 42.5 Å². The third-order valence-electron chi connectivity index (χ3n) is 2.51. The van der Waals surface area contributed by atoms with E-state index in [4.69, 9.17) is 4.18 Å². The molecule has 21 heavy (non-hydrogen) atoms. The monoisotopic (exact) mass is 303 g/mol. The molecular weight excluding hydrogens is 292 g/mol. The summed E-state index contributed by atoms with van der Waals surface area (Å²) in [4.78, 5) is 10.7. The Labute approximate surface area is 122 Å². The SMILES string of the molecule is O=C([O-])c1cccc(OS(=O)(=O)/C=C/c2ccccc2)c1. The Morgan fingerprint density at radius 3 is 2.43 bits per heavy atom. The fourth-order valence-electron chi connectivity index (χ4n) is 1.56. The molecule has 0 aliphatic rings. The Kier molecular flexibility index (Phi) is 4.39. The molecule has 0 atom stereocenters. The van der Waals surface area contributed by atoms with Crippen molar-refractivity contribution >= 4 is 22.2 Å². The van der Waals surface area contributed by atoms with Gasteiger partial charge in [0.15, 0.2) is 0 Å². The number of benzene rings is 2. The molecule has 2 rings (SSSR count). The average molecular weight is 303 g/mol. The normalized spacial score (nSPS) is 11.4. The molecule has 0 spiro atoms. The minimum Gasteiger partial charge on any atom is -0.545 e. The summed E-state index contributed by atoms with van der Waals surface area (Å²) in [5.74, 6) is -1.49. The number of hydrogen-bond acceptors (Lipinski definition) is 5. The number of carbonyl (C=O) groups is 1. The van der Waals surface area contributed by atoms with E-state index >= 15 is 0 Å². The van der Waals surface area contributed by atoms with Crippen molar-refractivity contribution < 1.29 is 22.5 Å². The molecule has 0 N–H and O–H groups in total. The highest BCUT2D eigenvalue weighted by molar-refractivity contribution is 7.90. The summed E-state index contributed by atoms with van der Waals surface area (Å²) in [6.07, 6.45) is 1.39. The van der Waals surface area contributed by atoms with Gasteiger partial charge in [-0.25, -0.2) is 0 Å². The summed E-state index contributed by atoms with van der Waals surface area (Å²) in [7, 11) is -3.97. The molecule has 0 aliphatic carbocycles. The molecule has 108 valence electrons. The van der Waals surface area contributed by atoms with E-state index in [0.717, 1.165) is 11.5 Å². The third-order valence-corrected chi connectivity index (χ3v) is 3.40. The lowest BCUT2D eigenvalue weighted by Crippen LogP contribution is -2.22. The zero-order valence-corrected chi connectivity index (χ0v) is 11.6. The van der Waals surface area contributed by atoms with Crippen LogP contribution in [0.25, 0.3) is 6.08 Å². The van der Waals surface area contributed by atoms with Crippen LogP contribution < -0.4 is 9.29 Å². The van der Waals surface area contributed by atoms with Gasteiger partial charge in [-0.2, -0.15) is 8.42 Å². The Bertz CT molecular complexity index is 764. The molecule has 0 aromatic heterocycles. The highest BCUT2D eigenvalue weighted by Gasteiger charge is 2.08. The number of carboxylic acids is 1. The second-order valence-electron chi connectivity index (χ2n) is 4.10. The van der Waals surface area contributed by atoms with Gasteiger partial charge in [0.25, 0.3) is 0 Å². The molecule has 2 aromatic carbocycles. The molecule has 0 bridgehead atoms. The molecule has 5 nitrogen and oxygen atoms in total. The zero-order valence-electron chi connectivity index (χ0n) is 10.8. The smallest absolute Gasteiger partial charge is 0.332 e. The first-order valence-corrected chi connectivity index (χ1v) is 7.42. The molecule has 0 radical (unpaired) electrons. The third kappa shape index (κ3) is 4.47. The van der Waals surface area contributed by atoms with Crippen LogP contribution in [0.5, 0.6) is 5.75 Å². The molecule has 0 heterocycles. The van der Waals surface area contributed by atoms with E-state index in [0.29, 0.717) is 5.56 Å². The van der Waals surface area contributed by atoms with Crippen LogP contribution in [-0.2, 0) is 10.1 Å². The quantitative estimate of drug-likeness (QED) is 0.780. The first-order chi connectivity index (χ1) is 9.96. The fourth-order valence-corrected chi connectivity index (χ4v) is 2.31. The molecular formula is C15H11O5S-. The first kappa shape index (κ1) is 14.8. The van der Waals surface area contributed by atoms with Crippen LogP contribution in [0.15, 0.2) is 60.0 Å². The number of rotatable bonds is 5. The molecule has 2 aromatic rings. The maximum absolute atomic E-state index is 11.8. The predicted octanol–water partition coefficient (Wildman–Crippen LogP) is 1.43. The van der Waals surface area contributed by atoms with Gasteiger partial charge in [0.05, 0.1) is 11.4 Å². The van der Waals surface area contributed by atoms with Gasteiger partial charge >= 0.3 is 10.1 Å². The van der Waals surface area contributed by atoms with Crippen LogP contribution in [0.2, 0.25) is 0 Å². The maximum Gasteiger partial charge on any atom is 0.332 e. The summed E-state index contributed by atoms with van der Waals surface area (Å²) in [6, 6.07) is 13.9. The van der Waals surface area contributed by atoms with E-state index in [9.17, 15) is 18.3 Å². The predicted molar refractivity (Wildman–Crippen MR) is 75.8 cm³/mol. The van der Waals surface area contributed by atoms with Crippen molar-refractivity contribution in [2.45, 2.75) is 0 Å². The molecule has 0 saturated carbocycles. The number of carboxylic acid groups (broad SMARTS) is 1. The van der Waals surface area contributed by atoms with Crippen molar-refractivity contribution in [1.29, 1.82) is 0 Å². The van der Waals surface area contributed by atoms with Gasteiger partial charge in [-0.3, -0.25) is 0 Å². The van der Waals surface area contributed by atoms with Crippen molar-refractivity contribution in [3.63, 3.8) is 0 Å². The highest BCUT2D eigenvalue weighted by atomic mass is 32.2. The summed E-state index contributed by atoms with van der Waals surface area (Å²) in [5.41, 5.74) is 0.544. The minimum atomic E-state index is -3.97. The van der Waals surface area contributed by atoms with Crippen LogP contribution in [0.4, 0.5) is 0 Å². The van der Waals surface area contributed by atoms with Crippen LogP contribution in [-0.4, -0.2) is 14.4 Å². The van der Waals surface area contributed by atoms with E-state index in [1.54, 1.807) is 24.3 Å². The van der Waals surface area contributed by atoms with Crippen molar-refractivity contribution in [2.75, 3.05) is 0 Å². The van der Waals surface area contributed by atoms with Gasteiger partial charge in [0, 0.05) is 5.56 Å². The van der Waals surface area contributed by atoms with Crippen molar-refractivity contribution in [1.82, 2.24) is 0 Å². The Balaban J connectivity index is 2.16. The molecule has 0 amide bonds. The van der Waals surface area contributed by atoms with Gasteiger partial charge in [-0.05, 0) is 23.8 Å². The molecule has 0 unspecified atom stereocenters. The average Bonchev–Trinajstić information content (AvgIpc) is 2.46. The van der Waals surface area contributed by atoms with Gasteiger partial charge in [0.1, 0.15) is 5.75 Å². The van der Waals surface area contributed by atoms with Crippen molar-refractivity contribution in [3.05, 3.63) is 71.1 Å². The Morgan fingerprint density at radius 2 is 1.76 bits per heavy atom. The van der Waals surface area contributed by atoms with E-state index in [-0.39, 0.29) is 11.3 Å². The lowest BCUT2D eigenvalue weighted by atomic mass is 10.2. The summed E-state index contributed by atoms with van der Waals surface area (Å²) in [6.45, 7) is 0. The van der Waals surface area contributed by atoms with E-state index in [1.807, 2.05) is 6.07 Å². The zero-order chi connectivity index (χ0) is 15.3. The topological polar surface area (TPSA) is 83.5 Å². The van der Waals surface area contributed by atoms with Crippen molar-refractivity contribution in [2.24, 2.45) is 0 Å². The van der Waals surface area contributed by atoms with Crippen LogP contribution in [0.3, 0.4) is 0 Å². The summed E-state index contributed by atoms with van der Waals surface area (Å²) >= 11 is 0. The summed E-state index contributed by atoms with van der Waals surface area (Å²) in [5, 5.41) is 11.6. The maximum atomic E-state index is 11.8. The Hall–Kier alpha value is -2.60. The second-order valence-corrected chi connectivity index (χ2v) is 5.53. The van der Waals surface area contributed by atoms with Crippen LogP contribution in [0.1, 0.15) is 15.9 Å². The lowest BCUT2D eigenvalue weighted by molar-refractivity contribution is -0.255. The molecule has 0 aliphatic heterocycles. The van der Waals surface area contributed by atoms with Crippen LogP contribution in [0, 0.1) is 0 Å². The molecule has 6 heteroatoms. The van der Waals surface area contributed by atoms with Crippen LogP contribution >= 0.6 is 0 Å². The fraction of sp³-hybridized carbons (Fsp3) is 0. The number of carbonyl (C=O) groups excluding carboxylic acids is 1. The largest absolute Gasteiger partial charge is 0.545 e. The number of hydrogen-bond donors (Lipinski definition) is 0. The van der Waals surface area contributed by atoms with Gasteiger partial charge in [0.2, 0.25) is 0 Å². The minimum absolute atomic E-state index is 0.0885. The van der Waals surface area contributed by atoms with E-state index in [1.165, 1.54) is 24.3 Å². The molecule has 0 fully saturated rings.